The molecule has 0 aromatic heterocycles. The lowest BCUT2D eigenvalue weighted by atomic mass is 10.1. The number of benzene rings is 3. The molecule has 0 saturated carbocycles. The summed E-state index contributed by atoms with van der Waals surface area (Å²) in [6, 6.07) is 20.5. The zero-order chi connectivity index (χ0) is 26.5. The summed E-state index contributed by atoms with van der Waals surface area (Å²) in [7, 11) is 0. The zero-order valence-electron chi connectivity index (χ0n) is 21.5. The molecule has 0 aliphatic heterocycles. The molecule has 3 aromatic rings. The van der Waals surface area contributed by atoms with Crippen molar-refractivity contribution >= 4 is 11.9 Å². The number of carbonyl (C=O) groups is 2. The molecule has 3 aromatic carbocycles. The van der Waals surface area contributed by atoms with Crippen LogP contribution in [0.3, 0.4) is 0 Å². The molecular weight excluding hydrogens is 468 g/mol. The summed E-state index contributed by atoms with van der Waals surface area (Å²) in [5, 5.41) is 0. The number of rotatable bonds is 14. The lowest BCUT2D eigenvalue weighted by Gasteiger charge is -2.12. The molecule has 6 heteroatoms. The predicted molar refractivity (Wildman–Crippen MR) is 143 cm³/mol. The molecule has 0 N–H and O–H groups in total. The van der Waals surface area contributed by atoms with Crippen LogP contribution in [0.5, 0.6) is 17.2 Å². The third-order valence-corrected chi connectivity index (χ3v) is 5.78. The molecule has 0 spiro atoms. The number of hydrogen-bond acceptors (Lipinski definition) is 6. The minimum Gasteiger partial charge on any atom is -0.463 e. The van der Waals surface area contributed by atoms with Crippen LogP contribution in [0.25, 0.3) is 0 Å². The molecule has 0 saturated heterocycles. The molecule has 0 unspecified atom stereocenters. The quantitative estimate of drug-likeness (QED) is 0.0796. The summed E-state index contributed by atoms with van der Waals surface area (Å²) in [5.74, 6) is 1.09. The fraction of sp³-hybridized carbons (Fsp3) is 0.290. The van der Waals surface area contributed by atoms with Crippen molar-refractivity contribution in [2.45, 2.75) is 46.0 Å². The van der Waals surface area contributed by atoms with Crippen LogP contribution in [0.2, 0.25) is 0 Å². The van der Waals surface area contributed by atoms with Crippen molar-refractivity contribution in [1.29, 1.82) is 0 Å². The van der Waals surface area contributed by atoms with E-state index >= 15 is 0 Å². The normalized spacial score (nSPS) is 10.4. The van der Waals surface area contributed by atoms with Gasteiger partial charge in [0, 0.05) is 6.08 Å². The van der Waals surface area contributed by atoms with E-state index in [1.54, 1.807) is 30.3 Å². The number of hydrogen-bond donors (Lipinski definition) is 0. The third-order valence-electron chi connectivity index (χ3n) is 5.78. The molecule has 0 fully saturated rings. The highest BCUT2D eigenvalue weighted by molar-refractivity contribution is 5.91. The van der Waals surface area contributed by atoms with E-state index in [-0.39, 0.29) is 12.8 Å². The maximum Gasteiger partial charge on any atom is 0.343 e. The summed E-state index contributed by atoms with van der Waals surface area (Å²) >= 11 is 0. The van der Waals surface area contributed by atoms with Crippen LogP contribution in [0.4, 0.5) is 0 Å². The van der Waals surface area contributed by atoms with Crippen molar-refractivity contribution < 1.29 is 28.5 Å². The Morgan fingerprint density at radius 1 is 0.811 bits per heavy atom. The summed E-state index contributed by atoms with van der Waals surface area (Å²) in [5.41, 5.74) is 3.68. The van der Waals surface area contributed by atoms with Crippen LogP contribution in [0.1, 0.15) is 52.7 Å². The first-order valence-electron chi connectivity index (χ1n) is 12.5. The van der Waals surface area contributed by atoms with E-state index in [4.69, 9.17) is 18.9 Å². The summed E-state index contributed by atoms with van der Waals surface area (Å²) in [6.07, 6.45) is 6.23. The highest BCUT2D eigenvalue weighted by Crippen LogP contribution is 2.24. The van der Waals surface area contributed by atoms with Gasteiger partial charge in [-0.2, -0.15) is 0 Å². The molecule has 6 nitrogen and oxygen atoms in total. The van der Waals surface area contributed by atoms with Gasteiger partial charge >= 0.3 is 11.9 Å². The molecule has 0 bridgehead atoms. The minimum absolute atomic E-state index is 0.0686. The molecule has 0 amide bonds. The molecule has 0 heterocycles. The van der Waals surface area contributed by atoms with Crippen LogP contribution >= 0.6 is 0 Å². The number of esters is 2. The van der Waals surface area contributed by atoms with Crippen LogP contribution < -0.4 is 14.2 Å². The second-order valence-electron chi connectivity index (χ2n) is 8.77. The molecule has 0 aliphatic rings. The Kier molecular flexibility index (Phi) is 10.8. The van der Waals surface area contributed by atoms with E-state index in [1.807, 2.05) is 38.1 Å². The van der Waals surface area contributed by atoms with Crippen molar-refractivity contribution in [3.05, 3.63) is 102 Å². The largest absolute Gasteiger partial charge is 0.463 e. The van der Waals surface area contributed by atoms with Crippen molar-refractivity contribution in [3.8, 4) is 17.2 Å². The zero-order valence-corrected chi connectivity index (χ0v) is 21.5. The fourth-order valence-corrected chi connectivity index (χ4v) is 3.63. The topological polar surface area (TPSA) is 71.1 Å². The van der Waals surface area contributed by atoms with Gasteiger partial charge in [-0.05, 0) is 86.7 Å². The van der Waals surface area contributed by atoms with Crippen LogP contribution in [-0.2, 0) is 16.0 Å². The Balaban J connectivity index is 1.36. The number of unbranched alkanes of at least 4 members (excludes halogenated alkanes) is 3. The molecule has 0 aliphatic carbocycles. The van der Waals surface area contributed by atoms with E-state index in [0.29, 0.717) is 23.7 Å². The van der Waals surface area contributed by atoms with Gasteiger partial charge in [0.25, 0.3) is 0 Å². The fourth-order valence-electron chi connectivity index (χ4n) is 3.63. The van der Waals surface area contributed by atoms with Crippen molar-refractivity contribution in [2.24, 2.45) is 0 Å². The Hall–Kier alpha value is -4.06. The molecular formula is C31H34O6. The van der Waals surface area contributed by atoms with Gasteiger partial charge in [0.1, 0.15) is 17.2 Å². The first-order valence-corrected chi connectivity index (χ1v) is 12.5. The monoisotopic (exact) mass is 502 g/mol. The highest BCUT2D eigenvalue weighted by atomic mass is 16.7. The Morgan fingerprint density at radius 2 is 1.51 bits per heavy atom. The lowest BCUT2D eigenvalue weighted by Crippen LogP contribution is -2.09. The molecule has 0 radical (unpaired) electrons. The molecule has 0 atom stereocenters. The first kappa shape index (κ1) is 27.5. The maximum atomic E-state index is 12.3. The second kappa shape index (κ2) is 14.5. The van der Waals surface area contributed by atoms with Gasteiger partial charge in [-0.1, -0.05) is 49.2 Å². The molecule has 194 valence electrons. The number of aryl methyl sites for hydroxylation is 3. The molecule has 37 heavy (non-hydrogen) atoms. The van der Waals surface area contributed by atoms with Crippen molar-refractivity contribution in [1.82, 2.24) is 0 Å². The van der Waals surface area contributed by atoms with Crippen molar-refractivity contribution in [3.63, 3.8) is 0 Å². The van der Waals surface area contributed by atoms with Gasteiger partial charge < -0.3 is 18.9 Å². The van der Waals surface area contributed by atoms with Crippen LogP contribution in [0, 0.1) is 13.8 Å². The Morgan fingerprint density at radius 3 is 2.22 bits per heavy atom. The van der Waals surface area contributed by atoms with Gasteiger partial charge in [0.2, 0.25) is 6.79 Å². The summed E-state index contributed by atoms with van der Waals surface area (Å²) in [4.78, 5) is 23.3. The van der Waals surface area contributed by atoms with Gasteiger partial charge in [-0.25, -0.2) is 9.59 Å². The lowest BCUT2D eigenvalue weighted by molar-refractivity contribution is -0.137. The molecule has 3 rings (SSSR count). The van der Waals surface area contributed by atoms with Gasteiger partial charge in [0.15, 0.2) is 0 Å². The Bertz CT molecular complexity index is 1170. The van der Waals surface area contributed by atoms with E-state index in [1.165, 1.54) is 11.6 Å². The van der Waals surface area contributed by atoms with E-state index in [2.05, 4.69) is 18.7 Å². The maximum absolute atomic E-state index is 12.3. The van der Waals surface area contributed by atoms with Gasteiger partial charge in [-0.15, -0.1) is 0 Å². The number of carbonyl (C=O) groups excluding carboxylic acids is 2. The smallest absolute Gasteiger partial charge is 0.343 e. The first-order chi connectivity index (χ1) is 17.9. The second-order valence-corrected chi connectivity index (χ2v) is 8.77. The van der Waals surface area contributed by atoms with E-state index in [0.717, 1.165) is 49.0 Å². The van der Waals surface area contributed by atoms with Crippen LogP contribution in [-0.4, -0.2) is 25.3 Å². The van der Waals surface area contributed by atoms with Crippen LogP contribution in [0.15, 0.2) is 79.4 Å². The highest BCUT2D eigenvalue weighted by Gasteiger charge is 2.10. The third kappa shape index (κ3) is 9.49. The van der Waals surface area contributed by atoms with Gasteiger partial charge in [0.05, 0.1) is 12.2 Å². The minimum atomic E-state index is -0.397. The Labute approximate surface area is 218 Å². The predicted octanol–water partition coefficient (Wildman–Crippen LogP) is 6.77. The standard InChI is InChI=1S/C31H34O6/c1-4-30(32)34-20-8-6-5-7-9-25-12-16-27(17-13-25)35-22-36-29-19-18-28(21-24(29)3)37-31(33)26-14-10-23(2)11-15-26/h4,10-19,21H,1,5-9,20,22H2,2-3H3. The average Bonchev–Trinajstić information content (AvgIpc) is 2.90. The van der Waals surface area contributed by atoms with E-state index in [9.17, 15) is 9.59 Å². The summed E-state index contributed by atoms with van der Waals surface area (Å²) < 4.78 is 21.9. The SMILES string of the molecule is C=CC(=O)OCCCCCCc1ccc(OCOc2ccc(OC(=O)c3ccc(C)cc3)cc2C)cc1. The van der Waals surface area contributed by atoms with Gasteiger partial charge in [-0.3, -0.25) is 0 Å². The average molecular weight is 503 g/mol. The van der Waals surface area contributed by atoms with Crippen molar-refractivity contribution in [2.75, 3.05) is 13.4 Å². The summed E-state index contributed by atoms with van der Waals surface area (Å²) in [6.45, 7) is 7.75. The number of ether oxygens (including phenoxy) is 4. The van der Waals surface area contributed by atoms with E-state index < -0.39 is 5.97 Å².